The van der Waals surface area contributed by atoms with E-state index in [4.69, 9.17) is 14.2 Å². The number of aromatic nitrogens is 2. The van der Waals surface area contributed by atoms with Crippen molar-refractivity contribution >= 4 is 17.7 Å². The Kier molecular flexibility index (Phi) is 5.77. The highest BCUT2D eigenvalue weighted by Crippen LogP contribution is 2.35. The van der Waals surface area contributed by atoms with E-state index in [2.05, 4.69) is 16.5 Å². The highest BCUT2D eigenvalue weighted by molar-refractivity contribution is 7.99. The van der Waals surface area contributed by atoms with Crippen molar-refractivity contribution in [2.24, 2.45) is 0 Å². The summed E-state index contributed by atoms with van der Waals surface area (Å²) in [6.45, 7) is 7.92. The monoisotopic (exact) mass is 403 g/mol. The second-order valence-corrected chi connectivity index (χ2v) is 7.78. The molecule has 0 radical (unpaired) electrons. The number of nitrogens with zero attached hydrogens (tertiary/aromatic N) is 3. The van der Waals surface area contributed by atoms with Gasteiger partial charge < -0.3 is 23.7 Å². The summed E-state index contributed by atoms with van der Waals surface area (Å²) in [6, 6.07) is 5.95. The minimum Gasteiger partial charge on any atom is -0.486 e. The SMILES string of the molecule is CCn1c(-c2ccc3c(c2)OCCO3)cnc1SCC(=O)N1CCOC(C)C1. The second-order valence-electron chi connectivity index (χ2n) is 6.84. The Balaban J connectivity index is 1.48. The van der Waals surface area contributed by atoms with Crippen LogP contribution in [0.2, 0.25) is 0 Å². The van der Waals surface area contributed by atoms with Crippen LogP contribution < -0.4 is 9.47 Å². The number of rotatable bonds is 5. The van der Waals surface area contributed by atoms with E-state index in [1.165, 1.54) is 11.8 Å². The number of ether oxygens (including phenoxy) is 3. The number of fused-ring (bicyclic) bond motifs is 1. The van der Waals surface area contributed by atoms with Crippen LogP contribution in [-0.2, 0) is 16.1 Å². The van der Waals surface area contributed by atoms with Crippen LogP contribution >= 0.6 is 11.8 Å². The molecule has 0 bridgehead atoms. The molecule has 1 unspecified atom stereocenters. The van der Waals surface area contributed by atoms with E-state index < -0.39 is 0 Å². The van der Waals surface area contributed by atoms with Crippen LogP contribution in [0.3, 0.4) is 0 Å². The molecule has 150 valence electrons. The molecule has 0 N–H and O–H groups in total. The van der Waals surface area contributed by atoms with Crippen molar-refractivity contribution in [2.75, 3.05) is 38.7 Å². The highest BCUT2D eigenvalue weighted by atomic mass is 32.2. The average molecular weight is 404 g/mol. The summed E-state index contributed by atoms with van der Waals surface area (Å²) >= 11 is 1.48. The van der Waals surface area contributed by atoms with Gasteiger partial charge in [-0.15, -0.1) is 0 Å². The van der Waals surface area contributed by atoms with Gasteiger partial charge in [-0.3, -0.25) is 4.79 Å². The van der Waals surface area contributed by atoms with E-state index >= 15 is 0 Å². The zero-order valence-corrected chi connectivity index (χ0v) is 17.0. The molecule has 2 aliphatic heterocycles. The van der Waals surface area contributed by atoms with Crippen molar-refractivity contribution < 1.29 is 19.0 Å². The third kappa shape index (κ3) is 3.98. The smallest absolute Gasteiger partial charge is 0.233 e. The van der Waals surface area contributed by atoms with Crippen LogP contribution in [0.4, 0.5) is 0 Å². The zero-order chi connectivity index (χ0) is 19.5. The number of carbonyl (C=O) groups excluding carboxylic acids is 1. The Hall–Kier alpha value is -2.19. The standard InChI is InChI=1S/C20H25N3O4S/c1-3-23-16(15-4-5-17-18(10-15)27-9-8-26-17)11-21-20(23)28-13-19(24)22-6-7-25-14(2)12-22/h4-5,10-11,14H,3,6-9,12-13H2,1-2H3. The van der Waals surface area contributed by atoms with E-state index in [9.17, 15) is 4.79 Å². The molecule has 1 amide bonds. The first-order valence-electron chi connectivity index (χ1n) is 9.63. The third-order valence-corrected chi connectivity index (χ3v) is 5.87. The molecule has 4 rings (SSSR count). The molecule has 1 saturated heterocycles. The van der Waals surface area contributed by atoms with Crippen LogP contribution in [0.1, 0.15) is 13.8 Å². The van der Waals surface area contributed by atoms with Gasteiger partial charge in [0.1, 0.15) is 13.2 Å². The number of thioether (sulfide) groups is 1. The molecule has 0 aliphatic carbocycles. The fourth-order valence-corrected chi connectivity index (χ4v) is 4.42. The topological polar surface area (TPSA) is 65.8 Å². The highest BCUT2D eigenvalue weighted by Gasteiger charge is 2.22. The Morgan fingerprint density at radius 2 is 2.07 bits per heavy atom. The second kappa shape index (κ2) is 8.45. The lowest BCUT2D eigenvalue weighted by Gasteiger charge is -2.31. The molecule has 8 heteroatoms. The van der Waals surface area contributed by atoms with E-state index in [0.29, 0.717) is 38.7 Å². The summed E-state index contributed by atoms with van der Waals surface area (Å²) < 4.78 is 18.9. The van der Waals surface area contributed by atoms with Crippen molar-refractivity contribution in [3.05, 3.63) is 24.4 Å². The number of hydrogen-bond donors (Lipinski definition) is 0. The number of benzene rings is 1. The van der Waals surface area contributed by atoms with Gasteiger partial charge in [0.15, 0.2) is 16.7 Å². The lowest BCUT2D eigenvalue weighted by molar-refractivity contribution is -0.135. The van der Waals surface area contributed by atoms with Gasteiger partial charge in [-0.2, -0.15) is 0 Å². The molecule has 3 heterocycles. The molecule has 1 atom stereocenters. The summed E-state index contributed by atoms with van der Waals surface area (Å²) in [6.07, 6.45) is 1.96. The lowest BCUT2D eigenvalue weighted by atomic mass is 10.1. The maximum atomic E-state index is 12.5. The minimum atomic E-state index is 0.0992. The predicted octanol–water partition coefficient (Wildman–Crippen LogP) is 2.68. The van der Waals surface area contributed by atoms with Crippen molar-refractivity contribution in [3.63, 3.8) is 0 Å². The van der Waals surface area contributed by atoms with E-state index in [-0.39, 0.29) is 12.0 Å². The molecule has 0 spiro atoms. The Bertz CT molecular complexity index is 854. The lowest BCUT2D eigenvalue weighted by Crippen LogP contribution is -2.45. The fraction of sp³-hybridized carbons (Fsp3) is 0.500. The maximum Gasteiger partial charge on any atom is 0.233 e. The number of carbonyl (C=O) groups is 1. The van der Waals surface area contributed by atoms with E-state index in [1.54, 1.807) is 0 Å². The number of morpholine rings is 1. The number of hydrogen-bond acceptors (Lipinski definition) is 6. The molecule has 28 heavy (non-hydrogen) atoms. The first-order chi connectivity index (χ1) is 13.7. The first-order valence-corrected chi connectivity index (χ1v) is 10.6. The van der Waals surface area contributed by atoms with E-state index in [0.717, 1.165) is 34.5 Å². The van der Waals surface area contributed by atoms with Crippen LogP contribution in [-0.4, -0.2) is 65.1 Å². The summed E-state index contributed by atoms with van der Waals surface area (Å²) in [5, 5.41) is 0.849. The molecule has 1 aromatic heterocycles. The summed E-state index contributed by atoms with van der Waals surface area (Å²) in [4.78, 5) is 19.0. The Labute approximate surface area is 169 Å². The normalized spacial score (nSPS) is 18.9. The molecular weight excluding hydrogens is 378 g/mol. The first kappa shape index (κ1) is 19.1. The van der Waals surface area contributed by atoms with Crippen LogP contribution in [0, 0.1) is 0 Å². The van der Waals surface area contributed by atoms with Gasteiger partial charge in [-0.05, 0) is 32.0 Å². The Morgan fingerprint density at radius 3 is 2.86 bits per heavy atom. The van der Waals surface area contributed by atoms with Crippen molar-refractivity contribution in [1.82, 2.24) is 14.5 Å². The van der Waals surface area contributed by atoms with Crippen LogP contribution in [0.25, 0.3) is 11.3 Å². The van der Waals surface area contributed by atoms with Crippen molar-refractivity contribution in [1.29, 1.82) is 0 Å². The molecule has 2 aliphatic rings. The minimum absolute atomic E-state index is 0.0992. The fourth-order valence-electron chi connectivity index (χ4n) is 3.48. The molecule has 2 aromatic rings. The summed E-state index contributed by atoms with van der Waals surface area (Å²) in [5.41, 5.74) is 2.04. The van der Waals surface area contributed by atoms with Gasteiger partial charge >= 0.3 is 0 Å². The summed E-state index contributed by atoms with van der Waals surface area (Å²) in [5.74, 6) is 2.05. The molecule has 7 nitrogen and oxygen atoms in total. The van der Waals surface area contributed by atoms with Gasteiger partial charge in [-0.25, -0.2) is 4.98 Å². The van der Waals surface area contributed by atoms with Gasteiger partial charge in [0.25, 0.3) is 0 Å². The van der Waals surface area contributed by atoms with Gasteiger partial charge in [-0.1, -0.05) is 11.8 Å². The predicted molar refractivity (Wildman–Crippen MR) is 107 cm³/mol. The van der Waals surface area contributed by atoms with Crippen molar-refractivity contribution in [3.8, 4) is 22.8 Å². The summed E-state index contributed by atoms with van der Waals surface area (Å²) in [7, 11) is 0. The maximum absolute atomic E-state index is 12.5. The molecule has 0 saturated carbocycles. The number of imidazole rings is 1. The largest absolute Gasteiger partial charge is 0.486 e. The molecular formula is C20H25N3O4S. The van der Waals surface area contributed by atoms with Crippen molar-refractivity contribution in [2.45, 2.75) is 31.7 Å². The van der Waals surface area contributed by atoms with Gasteiger partial charge in [0, 0.05) is 25.2 Å². The zero-order valence-electron chi connectivity index (χ0n) is 16.2. The third-order valence-electron chi connectivity index (χ3n) is 4.89. The molecule has 1 aromatic carbocycles. The van der Waals surface area contributed by atoms with Gasteiger partial charge in [0.2, 0.25) is 5.91 Å². The van der Waals surface area contributed by atoms with Crippen LogP contribution in [0.15, 0.2) is 29.6 Å². The van der Waals surface area contributed by atoms with Gasteiger partial charge in [0.05, 0.1) is 30.4 Å². The number of amides is 1. The Morgan fingerprint density at radius 1 is 1.25 bits per heavy atom. The average Bonchev–Trinajstić information content (AvgIpc) is 3.14. The quantitative estimate of drug-likeness (QED) is 0.715. The van der Waals surface area contributed by atoms with Crippen LogP contribution in [0.5, 0.6) is 11.5 Å². The van der Waals surface area contributed by atoms with E-state index in [1.807, 2.05) is 36.2 Å². The molecule has 1 fully saturated rings.